The molecule has 0 bridgehead atoms. The average molecular weight is 445 g/mol. The van der Waals surface area contributed by atoms with Crippen molar-refractivity contribution in [3.8, 4) is 11.1 Å². The van der Waals surface area contributed by atoms with E-state index in [1.807, 2.05) is 0 Å². The fourth-order valence-corrected chi connectivity index (χ4v) is 6.96. The Kier molecular flexibility index (Phi) is 7.23. The van der Waals surface area contributed by atoms with Crippen LogP contribution in [0.5, 0.6) is 0 Å². The standard InChI is InChI=1S/C31H44N2/c1-3-17-32-21-31(22-33-18-4-2)29-19-25(23-9-5-6-10-23)13-15-27(29)28-16-14-26(20-30(28)31)24-11-7-8-12-24/h13-16,19-20,23-24,32-33H,3-12,17-18,21-22H2,1-2H3. The maximum atomic E-state index is 3.86. The van der Waals surface area contributed by atoms with Gasteiger partial charge in [-0.15, -0.1) is 0 Å². The van der Waals surface area contributed by atoms with E-state index >= 15 is 0 Å². The summed E-state index contributed by atoms with van der Waals surface area (Å²) in [6.45, 7) is 8.79. The summed E-state index contributed by atoms with van der Waals surface area (Å²) in [4.78, 5) is 0. The lowest BCUT2D eigenvalue weighted by atomic mass is 9.75. The maximum Gasteiger partial charge on any atom is 0.0463 e. The average Bonchev–Trinajstić information content (AvgIpc) is 3.61. The van der Waals surface area contributed by atoms with Crippen LogP contribution in [0.3, 0.4) is 0 Å². The summed E-state index contributed by atoms with van der Waals surface area (Å²) in [6.07, 6.45) is 13.4. The minimum Gasteiger partial charge on any atom is -0.315 e. The SMILES string of the molecule is CCCNCC1(CNCCC)c2cc(C3CCCC3)ccc2-c2ccc(C3CCCC3)cc21. The van der Waals surface area contributed by atoms with Crippen LogP contribution < -0.4 is 10.6 Å². The zero-order valence-corrected chi connectivity index (χ0v) is 21.0. The molecule has 0 atom stereocenters. The van der Waals surface area contributed by atoms with Crippen LogP contribution in [0, 0.1) is 0 Å². The second-order valence-electron chi connectivity index (χ2n) is 11.0. The molecule has 0 unspecified atom stereocenters. The molecule has 2 N–H and O–H groups in total. The molecule has 2 fully saturated rings. The van der Waals surface area contributed by atoms with Gasteiger partial charge in [-0.05, 0) is 96.8 Å². The third kappa shape index (κ3) is 4.42. The molecule has 33 heavy (non-hydrogen) atoms. The Balaban J connectivity index is 1.61. The Morgan fingerprint density at radius 3 is 1.48 bits per heavy atom. The van der Waals surface area contributed by atoms with E-state index in [4.69, 9.17) is 0 Å². The Morgan fingerprint density at radius 1 is 0.667 bits per heavy atom. The van der Waals surface area contributed by atoms with Crippen LogP contribution in [0.15, 0.2) is 36.4 Å². The zero-order valence-electron chi connectivity index (χ0n) is 21.0. The van der Waals surface area contributed by atoms with Gasteiger partial charge < -0.3 is 10.6 Å². The molecule has 0 spiro atoms. The number of rotatable bonds is 10. The quantitative estimate of drug-likeness (QED) is 0.377. The summed E-state index contributed by atoms with van der Waals surface area (Å²) in [5, 5.41) is 7.73. The molecule has 3 aliphatic carbocycles. The fraction of sp³-hybridized carbons (Fsp3) is 0.613. The van der Waals surface area contributed by atoms with Crippen molar-refractivity contribution in [2.75, 3.05) is 26.2 Å². The monoisotopic (exact) mass is 444 g/mol. The molecule has 0 heterocycles. The molecule has 0 saturated heterocycles. The van der Waals surface area contributed by atoms with Gasteiger partial charge in [0, 0.05) is 18.5 Å². The van der Waals surface area contributed by atoms with E-state index < -0.39 is 0 Å². The van der Waals surface area contributed by atoms with Crippen molar-refractivity contribution >= 4 is 0 Å². The Hall–Kier alpha value is -1.64. The Labute approximate surface area is 202 Å². The van der Waals surface area contributed by atoms with E-state index in [1.54, 1.807) is 22.3 Å². The molecule has 0 radical (unpaired) electrons. The summed E-state index contributed by atoms with van der Waals surface area (Å²) >= 11 is 0. The van der Waals surface area contributed by atoms with Gasteiger partial charge in [-0.25, -0.2) is 0 Å². The van der Waals surface area contributed by atoms with Gasteiger partial charge in [0.25, 0.3) is 0 Å². The third-order valence-corrected chi connectivity index (χ3v) is 8.77. The van der Waals surface area contributed by atoms with E-state index in [0.717, 1.165) is 38.0 Å². The molecule has 2 heteroatoms. The largest absolute Gasteiger partial charge is 0.315 e. The summed E-state index contributed by atoms with van der Waals surface area (Å²) in [7, 11) is 0. The number of nitrogens with one attached hydrogen (secondary N) is 2. The molecule has 2 saturated carbocycles. The highest BCUT2D eigenvalue weighted by Gasteiger charge is 2.43. The van der Waals surface area contributed by atoms with Crippen molar-refractivity contribution < 1.29 is 0 Å². The van der Waals surface area contributed by atoms with Gasteiger partial charge in [0.05, 0.1) is 0 Å². The van der Waals surface area contributed by atoms with Crippen molar-refractivity contribution in [1.82, 2.24) is 10.6 Å². The van der Waals surface area contributed by atoms with Gasteiger partial charge in [-0.1, -0.05) is 75.9 Å². The molecule has 0 aromatic heterocycles. The Bertz CT molecular complexity index is 856. The number of benzene rings is 2. The minimum atomic E-state index is 0.0260. The lowest BCUT2D eigenvalue weighted by Crippen LogP contribution is -2.46. The van der Waals surface area contributed by atoms with Crippen LogP contribution in [0.25, 0.3) is 11.1 Å². The molecule has 2 aromatic rings. The summed E-state index contributed by atoms with van der Waals surface area (Å²) < 4.78 is 0. The van der Waals surface area contributed by atoms with E-state index in [1.165, 1.54) is 75.3 Å². The first-order chi connectivity index (χ1) is 16.3. The summed E-state index contributed by atoms with van der Waals surface area (Å²) in [6, 6.07) is 15.1. The van der Waals surface area contributed by atoms with Gasteiger partial charge in [0.15, 0.2) is 0 Å². The van der Waals surface area contributed by atoms with Crippen LogP contribution in [-0.2, 0) is 5.41 Å². The first kappa shape index (κ1) is 23.1. The van der Waals surface area contributed by atoms with Gasteiger partial charge in [-0.3, -0.25) is 0 Å². The number of hydrogen-bond acceptors (Lipinski definition) is 2. The molecule has 0 aliphatic heterocycles. The molecule has 3 aliphatic rings. The second-order valence-corrected chi connectivity index (χ2v) is 11.0. The third-order valence-electron chi connectivity index (χ3n) is 8.77. The van der Waals surface area contributed by atoms with E-state index in [2.05, 4.69) is 60.9 Å². The predicted octanol–water partition coefficient (Wildman–Crippen LogP) is 7.27. The highest BCUT2D eigenvalue weighted by atomic mass is 14.9. The molecule has 0 amide bonds. The molecular weight excluding hydrogens is 400 g/mol. The molecule has 2 aromatic carbocycles. The van der Waals surface area contributed by atoms with E-state index in [-0.39, 0.29) is 5.41 Å². The van der Waals surface area contributed by atoms with E-state index in [9.17, 15) is 0 Å². The number of hydrogen-bond donors (Lipinski definition) is 2. The maximum absolute atomic E-state index is 3.86. The smallest absolute Gasteiger partial charge is 0.0463 e. The predicted molar refractivity (Wildman–Crippen MR) is 141 cm³/mol. The molecule has 178 valence electrons. The van der Waals surface area contributed by atoms with Crippen molar-refractivity contribution in [3.63, 3.8) is 0 Å². The summed E-state index contributed by atoms with van der Waals surface area (Å²) in [5.74, 6) is 1.52. The highest BCUT2D eigenvalue weighted by Crippen LogP contribution is 2.51. The van der Waals surface area contributed by atoms with Gasteiger partial charge in [0.2, 0.25) is 0 Å². The molecular formula is C31H44N2. The molecule has 2 nitrogen and oxygen atoms in total. The van der Waals surface area contributed by atoms with Crippen LogP contribution in [0.4, 0.5) is 0 Å². The van der Waals surface area contributed by atoms with Crippen molar-refractivity contribution in [1.29, 1.82) is 0 Å². The topological polar surface area (TPSA) is 24.1 Å². The first-order valence-electron chi connectivity index (χ1n) is 14.0. The Morgan fingerprint density at radius 2 is 1.09 bits per heavy atom. The normalized spacial score (nSPS) is 19.8. The van der Waals surface area contributed by atoms with Crippen LogP contribution >= 0.6 is 0 Å². The second kappa shape index (κ2) is 10.3. The van der Waals surface area contributed by atoms with Crippen molar-refractivity contribution in [2.45, 2.75) is 95.3 Å². The van der Waals surface area contributed by atoms with Crippen molar-refractivity contribution in [2.24, 2.45) is 0 Å². The van der Waals surface area contributed by atoms with Crippen LogP contribution in [0.1, 0.15) is 112 Å². The lowest BCUT2D eigenvalue weighted by Gasteiger charge is -2.34. The highest BCUT2D eigenvalue weighted by molar-refractivity contribution is 5.82. The summed E-state index contributed by atoms with van der Waals surface area (Å²) in [5.41, 5.74) is 9.34. The zero-order chi connectivity index (χ0) is 22.7. The molecule has 5 rings (SSSR count). The van der Waals surface area contributed by atoms with E-state index in [0.29, 0.717) is 0 Å². The van der Waals surface area contributed by atoms with Crippen molar-refractivity contribution in [3.05, 3.63) is 58.7 Å². The minimum absolute atomic E-state index is 0.0260. The first-order valence-corrected chi connectivity index (χ1v) is 14.0. The fourth-order valence-electron chi connectivity index (χ4n) is 6.96. The van der Waals surface area contributed by atoms with Gasteiger partial charge in [0.1, 0.15) is 0 Å². The van der Waals surface area contributed by atoms with Gasteiger partial charge in [-0.2, -0.15) is 0 Å². The lowest BCUT2D eigenvalue weighted by molar-refractivity contribution is 0.437. The van der Waals surface area contributed by atoms with Crippen LogP contribution in [-0.4, -0.2) is 26.2 Å². The van der Waals surface area contributed by atoms with Crippen LogP contribution in [0.2, 0.25) is 0 Å². The van der Waals surface area contributed by atoms with Gasteiger partial charge >= 0.3 is 0 Å². The number of fused-ring (bicyclic) bond motifs is 3.